The van der Waals surface area contributed by atoms with E-state index >= 15 is 0 Å². The third-order valence-corrected chi connectivity index (χ3v) is 4.26. The topological polar surface area (TPSA) is 194 Å². The molecule has 1 aromatic carbocycles. The van der Waals surface area contributed by atoms with Crippen LogP contribution < -0.4 is 0 Å². The van der Waals surface area contributed by atoms with Crippen molar-refractivity contribution >= 4 is 16.9 Å². The molecule has 0 aromatic heterocycles. The highest BCUT2D eigenvalue weighted by molar-refractivity contribution is 6.26. The third kappa shape index (κ3) is 2.26. The summed E-state index contributed by atoms with van der Waals surface area (Å²) in [5, 5.41) is 52.9. The molecule has 0 fully saturated rings. The van der Waals surface area contributed by atoms with Gasteiger partial charge in [-0.1, -0.05) is 24.3 Å². The summed E-state index contributed by atoms with van der Waals surface area (Å²) in [6.45, 7) is 0. The maximum absolute atomic E-state index is 12.8. The summed E-state index contributed by atoms with van der Waals surface area (Å²) in [4.78, 5) is 43.5. The largest absolute Gasteiger partial charge is 0.404 e. The maximum Gasteiger partial charge on any atom is 0.404 e. The summed E-state index contributed by atoms with van der Waals surface area (Å²) in [6.07, 6.45) is 0. The Kier molecular flexibility index (Phi) is 4.02. The number of allylic oxidation sites excluding steroid dienone is 3. The lowest BCUT2D eigenvalue weighted by atomic mass is 9.86. The van der Waals surface area contributed by atoms with E-state index in [1.807, 2.05) is 0 Å². The second kappa shape index (κ2) is 6.22. The normalized spacial score (nSPS) is 17.4. The SMILES string of the molecule is N#CC(C#N)=C1C2=C(C([N+](=O)[O-])=C([N+](=O)[O-])C([N+](=O)[O-])C2=O)c2ccccc21. The average molecular weight is 379 g/mol. The van der Waals surface area contributed by atoms with Crippen LogP contribution in [-0.2, 0) is 4.79 Å². The van der Waals surface area contributed by atoms with Crippen molar-refractivity contribution in [1.82, 2.24) is 0 Å². The van der Waals surface area contributed by atoms with E-state index in [9.17, 15) is 45.7 Å². The zero-order chi connectivity index (χ0) is 20.7. The van der Waals surface area contributed by atoms with Crippen LogP contribution in [0.4, 0.5) is 0 Å². The molecular formula is C16H5N5O7. The van der Waals surface area contributed by atoms with Crippen LogP contribution in [0.3, 0.4) is 0 Å². The fraction of sp³-hybridized carbons (Fsp3) is 0.0625. The standard InChI is InChI=1S/C16H5N5O7/c17-5-7(6-18)10-8-3-1-2-4-9(8)11-12(10)16(22)15(21(27)28)14(20(25)26)13(11)19(23)24/h1-4,15H. The number of carbonyl (C=O) groups is 1. The van der Waals surface area contributed by atoms with Crippen molar-refractivity contribution in [2.45, 2.75) is 6.04 Å². The Morgan fingerprint density at radius 1 is 0.929 bits per heavy atom. The number of nitrogens with zero attached hydrogens (tertiary/aromatic N) is 5. The summed E-state index contributed by atoms with van der Waals surface area (Å²) in [6, 6.07) is 6.02. The van der Waals surface area contributed by atoms with Gasteiger partial charge in [0.2, 0.25) is 5.78 Å². The smallest absolute Gasteiger partial charge is 0.286 e. The molecule has 0 saturated heterocycles. The number of fused-ring (bicyclic) bond motifs is 2. The molecule has 1 aromatic rings. The van der Waals surface area contributed by atoms with Gasteiger partial charge in [-0.05, 0) is 11.1 Å². The molecular weight excluding hydrogens is 374 g/mol. The Bertz CT molecular complexity index is 1180. The number of nitro groups is 3. The minimum atomic E-state index is -2.64. The molecule has 0 spiro atoms. The fourth-order valence-electron chi connectivity index (χ4n) is 3.29. The van der Waals surface area contributed by atoms with Gasteiger partial charge in [0.1, 0.15) is 17.7 Å². The first-order valence-corrected chi connectivity index (χ1v) is 7.36. The molecule has 0 N–H and O–H groups in total. The summed E-state index contributed by atoms with van der Waals surface area (Å²) >= 11 is 0. The van der Waals surface area contributed by atoms with Gasteiger partial charge in [-0.3, -0.25) is 35.1 Å². The Hall–Kier alpha value is -4.71. The molecule has 0 saturated carbocycles. The molecule has 0 aliphatic heterocycles. The quantitative estimate of drug-likeness (QED) is 0.421. The van der Waals surface area contributed by atoms with Crippen molar-refractivity contribution in [1.29, 1.82) is 10.5 Å². The zero-order valence-corrected chi connectivity index (χ0v) is 13.5. The molecule has 1 atom stereocenters. The number of benzene rings is 1. The average Bonchev–Trinajstić information content (AvgIpc) is 2.97. The van der Waals surface area contributed by atoms with Crippen LogP contribution in [0.1, 0.15) is 11.1 Å². The highest BCUT2D eigenvalue weighted by atomic mass is 16.7. The molecule has 1 unspecified atom stereocenters. The molecule has 0 amide bonds. The third-order valence-electron chi connectivity index (χ3n) is 4.26. The van der Waals surface area contributed by atoms with Crippen molar-refractivity contribution in [2.24, 2.45) is 0 Å². The van der Waals surface area contributed by atoms with Crippen LogP contribution in [0.2, 0.25) is 0 Å². The minimum Gasteiger partial charge on any atom is -0.286 e. The first-order chi connectivity index (χ1) is 13.3. The second-order valence-corrected chi connectivity index (χ2v) is 5.57. The van der Waals surface area contributed by atoms with Gasteiger partial charge in [0.25, 0.3) is 0 Å². The number of Topliss-reactive ketones (excluding diaryl/α,β-unsaturated/α-hetero) is 1. The molecule has 3 rings (SSSR count). The Morgan fingerprint density at radius 3 is 1.96 bits per heavy atom. The van der Waals surface area contributed by atoms with Crippen LogP contribution in [-0.4, -0.2) is 26.6 Å². The van der Waals surface area contributed by atoms with Crippen LogP contribution >= 0.6 is 0 Å². The Morgan fingerprint density at radius 2 is 1.50 bits per heavy atom. The summed E-state index contributed by atoms with van der Waals surface area (Å²) < 4.78 is 0. The van der Waals surface area contributed by atoms with Gasteiger partial charge in [-0.25, -0.2) is 0 Å². The molecule has 12 nitrogen and oxygen atoms in total. The number of hydrogen-bond acceptors (Lipinski definition) is 9. The molecule has 0 heterocycles. The molecule has 12 heteroatoms. The van der Waals surface area contributed by atoms with Gasteiger partial charge in [-0.2, -0.15) is 10.5 Å². The van der Waals surface area contributed by atoms with E-state index in [2.05, 4.69) is 0 Å². The summed E-state index contributed by atoms with van der Waals surface area (Å²) in [5.41, 5.74) is -4.63. The van der Waals surface area contributed by atoms with E-state index in [0.717, 1.165) is 0 Å². The van der Waals surface area contributed by atoms with Gasteiger partial charge in [0.05, 0.1) is 21.0 Å². The minimum absolute atomic E-state index is 0.00306. The lowest BCUT2D eigenvalue weighted by Crippen LogP contribution is -2.40. The van der Waals surface area contributed by atoms with E-state index in [0.29, 0.717) is 0 Å². The summed E-state index contributed by atoms with van der Waals surface area (Å²) in [5.74, 6) is -1.40. The highest BCUT2D eigenvalue weighted by Gasteiger charge is 2.59. The number of ketones is 1. The highest BCUT2D eigenvalue weighted by Crippen LogP contribution is 2.50. The van der Waals surface area contributed by atoms with Crippen molar-refractivity contribution in [3.63, 3.8) is 0 Å². The second-order valence-electron chi connectivity index (χ2n) is 5.57. The molecule has 2 aliphatic carbocycles. The molecule has 136 valence electrons. The van der Waals surface area contributed by atoms with Gasteiger partial charge in [0.15, 0.2) is 0 Å². The fourth-order valence-corrected chi connectivity index (χ4v) is 3.29. The lowest BCUT2D eigenvalue weighted by Gasteiger charge is -2.15. The van der Waals surface area contributed by atoms with Crippen LogP contribution in [0.5, 0.6) is 0 Å². The van der Waals surface area contributed by atoms with Gasteiger partial charge >= 0.3 is 17.4 Å². The van der Waals surface area contributed by atoms with Gasteiger partial charge in [-0.15, -0.1) is 0 Å². The van der Waals surface area contributed by atoms with E-state index in [1.54, 1.807) is 12.1 Å². The van der Waals surface area contributed by atoms with E-state index in [1.165, 1.54) is 24.3 Å². The van der Waals surface area contributed by atoms with Crippen molar-refractivity contribution in [3.8, 4) is 12.1 Å². The van der Waals surface area contributed by atoms with Crippen LogP contribution in [0, 0.1) is 53.0 Å². The number of hydrogen-bond donors (Lipinski definition) is 0. The predicted molar refractivity (Wildman–Crippen MR) is 88.3 cm³/mol. The van der Waals surface area contributed by atoms with Crippen molar-refractivity contribution in [2.75, 3.05) is 0 Å². The predicted octanol–water partition coefficient (Wildman–Crippen LogP) is 1.25. The Balaban J connectivity index is 2.59. The van der Waals surface area contributed by atoms with Crippen LogP contribution in [0.25, 0.3) is 11.1 Å². The van der Waals surface area contributed by atoms with E-state index < -0.39 is 54.7 Å². The van der Waals surface area contributed by atoms with Crippen LogP contribution in [0.15, 0.2) is 46.8 Å². The Labute approximate surface area is 154 Å². The van der Waals surface area contributed by atoms with Crippen molar-refractivity contribution < 1.29 is 19.6 Å². The first kappa shape index (κ1) is 18.1. The van der Waals surface area contributed by atoms with E-state index in [4.69, 9.17) is 0 Å². The molecule has 0 bridgehead atoms. The first-order valence-electron chi connectivity index (χ1n) is 7.36. The summed E-state index contributed by atoms with van der Waals surface area (Å²) in [7, 11) is 0. The zero-order valence-electron chi connectivity index (χ0n) is 13.5. The van der Waals surface area contributed by atoms with Gasteiger partial charge < -0.3 is 0 Å². The van der Waals surface area contributed by atoms with E-state index in [-0.39, 0.29) is 16.7 Å². The number of carbonyl (C=O) groups excluding carboxylic acids is 1. The molecule has 0 radical (unpaired) electrons. The van der Waals surface area contributed by atoms with Crippen molar-refractivity contribution in [3.05, 3.63) is 88.3 Å². The lowest BCUT2D eigenvalue weighted by molar-refractivity contribution is -0.551. The molecule has 2 aliphatic rings. The van der Waals surface area contributed by atoms with Gasteiger partial charge in [0, 0.05) is 10.5 Å². The number of nitriles is 2. The monoisotopic (exact) mass is 379 g/mol. The number of rotatable bonds is 3. The molecule has 28 heavy (non-hydrogen) atoms. The maximum atomic E-state index is 12.8.